The van der Waals surface area contributed by atoms with Gasteiger partial charge in [0.1, 0.15) is 17.2 Å². The maximum absolute atomic E-state index is 13.1. The van der Waals surface area contributed by atoms with Crippen LogP contribution < -0.4 is 9.47 Å². The fraction of sp³-hybridized carbons (Fsp3) is 0.167. The number of carbonyl (C=O) groups is 1. The Hall–Kier alpha value is -2.67. The fourth-order valence-electron chi connectivity index (χ4n) is 2.43. The molecule has 1 heterocycles. The fourth-order valence-corrected chi connectivity index (χ4v) is 2.64. The summed E-state index contributed by atoms with van der Waals surface area (Å²) in [4.78, 5) is 11.1. The number of carboxylic acid groups (broad SMARTS) is 1. The van der Waals surface area contributed by atoms with Gasteiger partial charge in [0.15, 0.2) is 0 Å². The van der Waals surface area contributed by atoms with E-state index in [-0.39, 0.29) is 22.1 Å². The molecule has 26 heavy (non-hydrogen) atoms. The van der Waals surface area contributed by atoms with Gasteiger partial charge in [0.05, 0.1) is 10.6 Å². The number of carboxylic acids is 1. The average Bonchev–Trinajstić information content (AvgIpc) is 2.55. The Balaban J connectivity index is 2.00. The molecule has 3 rings (SSSR count). The molecular formula is C18H12ClF3O4. The van der Waals surface area contributed by atoms with E-state index in [9.17, 15) is 18.0 Å². The second kappa shape index (κ2) is 6.57. The summed E-state index contributed by atoms with van der Waals surface area (Å²) < 4.78 is 49.9. The van der Waals surface area contributed by atoms with Crippen LogP contribution in [-0.2, 0) is 4.79 Å². The van der Waals surface area contributed by atoms with Crippen LogP contribution in [0.5, 0.6) is 17.2 Å². The van der Waals surface area contributed by atoms with E-state index in [0.717, 1.165) is 11.6 Å². The molecule has 0 amide bonds. The molecule has 2 aromatic rings. The van der Waals surface area contributed by atoms with E-state index in [1.807, 2.05) is 6.92 Å². The molecule has 0 spiro atoms. The third-order valence-electron chi connectivity index (χ3n) is 3.70. The summed E-state index contributed by atoms with van der Waals surface area (Å²) in [5, 5.41) is 9.14. The number of aliphatic carboxylic acids is 1. The normalized spacial score (nSPS) is 16.3. The van der Waals surface area contributed by atoms with Crippen LogP contribution >= 0.6 is 11.6 Å². The molecule has 0 fully saturated rings. The van der Waals surface area contributed by atoms with Gasteiger partial charge < -0.3 is 14.6 Å². The first kappa shape index (κ1) is 18.1. The van der Waals surface area contributed by atoms with Crippen molar-refractivity contribution in [3.05, 3.63) is 58.1 Å². The molecule has 1 aliphatic heterocycles. The number of hydrogen-bond acceptors (Lipinski definition) is 3. The molecule has 0 saturated carbocycles. The first-order chi connectivity index (χ1) is 12.1. The van der Waals surface area contributed by atoms with E-state index >= 15 is 0 Å². The van der Waals surface area contributed by atoms with Crippen molar-refractivity contribution in [1.29, 1.82) is 0 Å². The highest BCUT2D eigenvalue weighted by Gasteiger charge is 2.48. The lowest BCUT2D eigenvalue weighted by molar-refractivity contribution is -0.187. The Morgan fingerprint density at radius 3 is 2.46 bits per heavy atom. The van der Waals surface area contributed by atoms with E-state index in [4.69, 9.17) is 26.2 Å². The molecule has 0 radical (unpaired) electrons. The summed E-state index contributed by atoms with van der Waals surface area (Å²) in [5.74, 6) is -1.33. The third kappa shape index (κ3) is 3.62. The van der Waals surface area contributed by atoms with Gasteiger partial charge in [0, 0.05) is 11.6 Å². The van der Waals surface area contributed by atoms with Crippen molar-refractivity contribution in [2.75, 3.05) is 0 Å². The van der Waals surface area contributed by atoms with Crippen molar-refractivity contribution in [2.45, 2.75) is 19.2 Å². The topological polar surface area (TPSA) is 55.8 Å². The summed E-state index contributed by atoms with van der Waals surface area (Å²) in [7, 11) is 0. The first-order valence-electron chi connectivity index (χ1n) is 7.41. The van der Waals surface area contributed by atoms with Crippen LogP contribution in [0.2, 0.25) is 5.02 Å². The van der Waals surface area contributed by atoms with Crippen molar-refractivity contribution in [1.82, 2.24) is 0 Å². The molecule has 136 valence electrons. The standard InChI is InChI=1S/C18H12ClF3O4/c1-9-2-4-11(5-3-9)25-15-8-14-10(7-13(15)19)6-12(17(23)24)16(26-14)18(20,21)22/h2-8,16H,1H3,(H,23,24)/t16-/m1/s1. The quantitative estimate of drug-likeness (QED) is 0.787. The molecule has 8 heteroatoms. The third-order valence-corrected chi connectivity index (χ3v) is 3.99. The smallest absolute Gasteiger partial charge is 0.430 e. The summed E-state index contributed by atoms with van der Waals surface area (Å²) in [6.45, 7) is 1.90. The monoisotopic (exact) mass is 384 g/mol. The Labute approximate surface area is 151 Å². The molecule has 0 aliphatic carbocycles. The minimum absolute atomic E-state index is 0.0994. The molecule has 1 atom stereocenters. The average molecular weight is 385 g/mol. The van der Waals surface area contributed by atoms with E-state index in [1.165, 1.54) is 12.1 Å². The molecule has 2 aromatic carbocycles. The highest BCUT2D eigenvalue weighted by Crippen LogP contribution is 2.42. The predicted octanol–water partition coefficient (Wildman–Crippen LogP) is 5.23. The number of halogens is 4. The van der Waals surface area contributed by atoms with Crippen LogP contribution in [0.3, 0.4) is 0 Å². The van der Waals surface area contributed by atoms with Crippen molar-refractivity contribution >= 4 is 23.6 Å². The van der Waals surface area contributed by atoms with Crippen LogP contribution in [0.4, 0.5) is 13.2 Å². The van der Waals surface area contributed by atoms with Crippen molar-refractivity contribution in [2.24, 2.45) is 0 Å². The predicted molar refractivity (Wildman–Crippen MR) is 88.8 cm³/mol. The maximum atomic E-state index is 13.1. The molecule has 1 N–H and O–H groups in total. The molecule has 0 bridgehead atoms. The molecule has 0 saturated heterocycles. The number of rotatable bonds is 3. The van der Waals surface area contributed by atoms with Gasteiger partial charge in [-0.2, -0.15) is 13.2 Å². The summed E-state index contributed by atoms with van der Waals surface area (Å²) in [5.41, 5.74) is 0.231. The van der Waals surface area contributed by atoms with Crippen LogP contribution in [0.25, 0.3) is 6.08 Å². The van der Waals surface area contributed by atoms with E-state index in [2.05, 4.69) is 0 Å². The van der Waals surface area contributed by atoms with Crippen molar-refractivity contribution in [3.8, 4) is 17.2 Å². The number of hydrogen-bond donors (Lipinski definition) is 1. The zero-order chi connectivity index (χ0) is 19.1. The van der Waals surface area contributed by atoms with Crippen molar-refractivity contribution < 1.29 is 32.5 Å². The minimum Gasteiger partial charge on any atom is -0.478 e. The zero-order valence-electron chi connectivity index (χ0n) is 13.3. The lowest BCUT2D eigenvalue weighted by Gasteiger charge is -2.27. The van der Waals surface area contributed by atoms with Crippen LogP contribution in [-0.4, -0.2) is 23.4 Å². The highest BCUT2D eigenvalue weighted by atomic mass is 35.5. The van der Waals surface area contributed by atoms with Crippen molar-refractivity contribution in [3.63, 3.8) is 0 Å². The van der Waals surface area contributed by atoms with Gasteiger partial charge in [-0.3, -0.25) is 0 Å². The van der Waals surface area contributed by atoms with Gasteiger partial charge in [0.2, 0.25) is 6.10 Å². The lowest BCUT2D eigenvalue weighted by Crippen LogP contribution is -2.40. The lowest BCUT2D eigenvalue weighted by atomic mass is 10.0. The SMILES string of the molecule is Cc1ccc(Oc2cc3c(cc2Cl)C=C(C(=O)O)[C@H](C(F)(F)F)O3)cc1. The molecule has 1 aliphatic rings. The molecular weight excluding hydrogens is 373 g/mol. The highest BCUT2D eigenvalue weighted by molar-refractivity contribution is 6.32. The summed E-state index contributed by atoms with van der Waals surface area (Å²) in [6.07, 6.45) is -6.54. The van der Waals surface area contributed by atoms with Gasteiger partial charge in [-0.25, -0.2) is 4.79 Å². The largest absolute Gasteiger partial charge is 0.478 e. The van der Waals surface area contributed by atoms with Gasteiger partial charge in [-0.1, -0.05) is 29.3 Å². The number of alkyl halides is 3. The van der Waals surface area contributed by atoms with Gasteiger partial charge in [0.25, 0.3) is 0 Å². The summed E-state index contributed by atoms with van der Waals surface area (Å²) >= 11 is 6.12. The molecule has 0 aromatic heterocycles. The minimum atomic E-state index is -4.88. The Bertz CT molecular complexity index is 889. The Morgan fingerprint density at radius 1 is 1.23 bits per heavy atom. The van der Waals surface area contributed by atoms with E-state index < -0.39 is 23.8 Å². The Morgan fingerprint density at radius 2 is 1.88 bits per heavy atom. The van der Waals surface area contributed by atoms with E-state index in [1.54, 1.807) is 24.3 Å². The second-order valence-corrected chi connectivity index (χ2v) is 6.09. The number of ether oxygens (including phenoxy) is 2. The summed E-state index contributed by atoms with van der Waals surface area (Å²) in [6, 6.07) is 9.50. The van der Waals surface area contributed by atoms with Gasteiger partial charge >= 0.3 is 12.1 Å². The number of benzene rings is 2. The van der Waals surface area contributed by atoms with Gasteiger partial charge in [-0.15, -0.1) is 0 Å². The molecule has 4 nitrogen and oxygen atoms in total. The van der Waals surface area contributed by atoms with Gasteiger partial charge in [-0.05, 0) is 31.2 Å². The number of fused-ring (bicyclic) bond motifs is 1. The van der Waals surface area contributed by atoms with Crippen LogP contribution in [0.15, 0.2) is 42.0 Å². The maximum Gasteiger partial charge on any atom is 0.430 e. The van der Waals surface area contributed by atoms with Crippen LogP contribution in [0.1, 0.15) is 11.1 Å². The first-order valence-corrected chi connectivity index (χ1v) is 7.79. The zero-order valence-corrected chi connectivity index (χ0v) is 14.1. The number of aryl methyl sites for hydroxylation is 1. The Kier molecular flexibility index (Phi) is 4.58. The van der Waals surface area contributed by atoms with Crippen LogP contribution in [0, 0.1) is 6.92 Å². The van der Waals surface area contributed by atoms with E-state index in [0.29, 0.717) is 5.75 Å². The molecule has 0 unspecified atom stereocenters. The second-order valence-electron chi connectivity index (χ2n) is 5.68.